The maximum absolute atomic E-state index is 10.1. The molecule has 8 heteroatoms. The van der Waals surface area contributed by atoms with Crippen molar-refractivity contribution >= 4 is 46.8 Å². The van der Waals surface area contributed by atoms with Crippen LogP contribution in [0.25, 0.3) is 0 Å². The third-order valence-electron chi connectivity index (χ3n) is 0.917. The first-order valence-electron chi connectivity index (χ1n) is 2.47. The Labute approximate surface area is 94.0 Å². The minimum atomic E-state index is -0.800. The Hall–Kier alpha value is -0.430. The van der Waals surface area contributed by atoms with Gasteiger partial charge in [0.25, 0.3) is 5.88 Å². The van der Waals surface area contributed by atoms with Crippen LogP contribution in [0.2, 0.25) is 5.28 Å². The van der Waals surface area contributed by atoms with Crippen molar-refractivity contribution in [2.45, 2.75) is 0 Å². The summed E-state index contributed by atoms with van der Waals surface area (Å²) in [5.41, 5.74) is -0.561. The van der Waals surface area contributed by atoms with Crippen LogP contribution in [0, 0.1) is 10.1 Å². The number of halogens is 1. The van der Waals surface area contributed by atoms with E-state index in [0.29, 0.717) is 0 Å². The summed E-state index contributed by atoms with van der Waals surface area (Å²) in [6.07, 6.45) is 0.838. The number of aromatic hydroxyl groups is 1. The van der Waals surface area contributed by atoms with Crippen molar-refractivity contribution in [1.29, 1.82) is 0 Å². The Morgan fingerprint density at radius 2 is 2.25 bits per heavy atom. The van der Waals surface area contributed by atoms with Crippen LogP contribution >= 0.6 is 11.6 Å². The Morgan fingerprint density at radius 1 is 1.67 bits per heavy atom. The molecule has 0 spiro atoms. The number of rotatable bonds is 1. The molecular formula is C4H3ClN3NaO3. The van der Waals surface area contributed by atoms with Crippen molar-refractivity contribution in [3.8, 4) is 5.88 Å². The number of nitrogens with zero attached hydrogens (tertiary/aromatic N) is 3. The fraction of sp³-hybridized carbons (Fsp3) is 0. The van der Waals surface area contributed by atoms with Crippen molar-refractivity contribution in [2.24, 2.45) is 0 Å². The quantitative estimate of drug-likeness (QED) is 0.300. The summed E-state index contributed by atoms with van der Waals surface area (Å²) in [6, 6.07) is 0. The number of hydrogen-bond acceptors (Lipinski definition) is 5. The van der Waals surface area contributed by atoms with E-state index in [-0.39, 0.29) is 34.8 Å². The van der Waals surface area contributed by atoms with Gasteiger partial charge in [-0.1, -0.05) is 0 Å². The second-order valence-corrected chi connectivity index (χ2v) is 1.94. The predicted molar refractivity (Wildman–Crippen MR) is 42.5 cm³/mol. The molecule has 0 aliphatic carbocycles. The van der Waals surface area contributed by atoms with Gasteiger partial charge in [0, 0.05) is 0 Å². The summed E-state index contributed by atoms with van der Waals surface area (Å²) >= 11 is 5.22. The van der Waals surface area contributed by atoms with Crippen LogP contribution in [-0.4, -0.2) is 49.6 Å². The van der Waals surface area contributed by atoms with Crippen molar-refractivity contribution < 1.29 is 10.0 Å². The number of hydrogen-bond donors (Lipinski definition) is 1. The Balaban J connectivity index is 0.00000121. The normalized spacial score (nSPS) is 8.75. The van der Waals surface area contributed by atoms with Gasteiger partial charge in [-0.2, -0.15) is 4.98 Å². The molecule has 1 aromatic heterocycles. The molecule has 1 heterocycles. The summed E-state index contributed by atoms with van der Waals surface area (Å²) in [6.45, 7) is 0. The van der Waals surface area contributed by atoms with E-state index in [0.717, 1.165) is 6.20 Å². The molecule has 0 aliphatic rings. The van der Waals surface area contributed by atoms with Gasteiger partial charge in [0.1, 0.15) is 6.20 Å². The topological polar surface area (TPSA) is 89.2 Å². The molecule has 0 bridgehead atoms. The molecule has 12 heavy (non-hydrogen) atoms. The molecule has 0 radical (unpaired) electrons. The summed E-state index contributed by atoms with van der Waals surface area (Å²) in [5, 5.41) is 18.6. The molecule has 0 aliphatic heterocycles. The first-order valence-corrected chi connectivity index (χ1v) is 2.85. The Bertz CT molecular complexity index is 308. The van der Waals surface area contributed by atoms with Crippen molar-refractivity contribution in [2.75, 3.05) is 0 Å². The number of nitro groups is 1. The monoisotopic (exact) mass is 199 g/mol. The van der Waals surface area contributed by atoms with Crippen LogP contribution in [0.15, 0.2) is 6.20 Å². The Morgan fingerprint density at radius 3 is 2.67 bits per heavy atom. The molecule has 1 N–H and O–H groups in total. The molecule has 0 amide bonds. The standard InChI is InChI=1S/C4H2ClN3O3.Na.H/c5-4-6-1-2(8(10)11)3(9)7-4;;/h1H,(H,6,7,9);;. The third-order valence-corrected chi connectivity index (χ3v) is 1.10. The van der Waals surface area contributed by atoms with Gasteiger partial charge in [-0.25, -0.2) is 4.98 Å². The van der Waals surface area contributed by atoms with Gasteiger partial charge in [-0.05, 0) is 11.6 Å². The van der Waals surface area contributed by atoms with Gasteiger partial charge in [0.15, 0.2) is 0 Å². The molecule has 6 nitrogen and oxygen atoms in total. The van der Waals surface area contributed by atoms with Gasteiger partial charge in [0.2, 0.25) is 5.28 Å². The van der Waals surface area contributed by atoms with Gasteiger partial charge in [0.05, 0.1) is 4.92 Å². The average molecular weight is 200 g/mol. The molecule has 0 unspecified atom stereocenters. The van der Waals surface area contributed by atoms with E-state index in [4.69, 9.17) is 16.7 Å². The van der Waals surface area contributed by atoms with E-state index >= 15 is 0 Å². The first kappa shape index (κ1) is 11.6. The van der Waals surface area contributed by atoms with Crippen LogP contribution < -0.4 is 0 Å². The molecule has 1 rings (SSSR count). The van der Waals surface area contributed by atoms with Crippen molar-refractivity contribution in [3.63, 3.8) is 0 Å². The summed E-state index contributed by atoms with van der Waals surface area (Å²) in [7, 11) is 0. The molecule has 0 fully saturated rings. The van der Waals surface area contributed by atoms with Crippen LogP contribution in [0.3, 0.4) is 0 Å². The maximum atomic E-state index is 10.1. The summed E-state index contributed by atoms with van der Waals surface area (Å²) < 4.78 is 0. The second-order valence-electron chi connectivity index (χ2n) is 1.60. The van der Waals surface area contributed by atoms with Crippen molar-refractivity contribution in [1.82, 2.24) is 9.97 Å². The molecular weight excluding hydrogens is 197 g/mol. The minimum absolute atomic E-state index is 0. The molecule has 0 aromatic carbocycles. The van der Waals surface area contributed by atoms with E-state index in [1.54, 1.807) is 0 Å². The summed E-state index contributed by atoms with van der Waals surface area (Å²) in [4.78, 5) is 15.7. The van der Waals surface area contributed by atoms with Crippen LogP contribution in [0.5, 0.6) is 5.88 Å². The van der Waals surface area contributed by atoms with Gasteiger partial charge in [-0.3, -0.25) is 10.1 Å². The fourth-order valence-corrected chi connectivity index (χ4v) is 0.603. The Kier molecular flexibility index (Phi) is 4.40. The zero-order valence-electron chi connectivity index (χ0n) is 5.06. The fourth-order valence-electron chi connectivity index (χ4n) is 0.474. The van der Waals surface area contributed by atoms with E-state index < -0.39 is 16.5 Å². The van der Waals surface area contributed by atoms with E-state index in [2.05, 4.69) is 9.97 Å². The summed E-state index contributed by atoms with van der Waals surface area (Å²) in [5.74, 6) is -0.727. The molecule has 0 saturated carbocycles. The van der Waals surface area contributed by atoms with Crippen LogP contribution in [-0.2, 0) is 0 Å². The molecule has 0 atom stereocenters. The third kappa shape index (κ3) is 2.56. The zero-order valence-corrected chi connectivity index (χ0v) is 5.82. The SMILES string of the molecule is O=[N+]([O-])c1cnc(Cl)nc1O.[NaH]. The molecule has 60 valence electrons. The van der Waals surface area contributed by atoms with E-state index in [1.165, 1.54) is 0 Å². The molecule has 1 aromatic rings. The average Bonchev–Trinajstić information content (AvgIpc) is 1.85. The number of aromatic nitrogens is 2. The van der Waals surface area contributed by atoms with E-state index in [1.807, 2.05) is 0 Å². The molecule has 0 saturated heterocycles. The van der Waals surface area contributed by atoms with Crippen LogP contribution in [0.1, 0.15) is 0 Å². The van der Waals surface area contributed by atoms with Crippen LogP contribution in [0.4, 0.5) is 5.69 Å². The van der Waals surface area contributed by atoms with E-state index in [9.17, 15) is 10.1 Å². The first-order chi connectivity index (χ1) is 5.11. The van der Waals surface area contributed by atoms with Gasteiger partial charge < -0.3 is 5.11 Å². The zero-order chi connectivity index (χ0) is 8.43. The van der Waals surface area contributed by atoms with Gasteiger partial charge >= 0.3 is 35.2 Å². The predicted octanol–water partition coefficient (Wildman–Crippen LogP) is 0.0953. The van der Waals surface area contributed by atoms with Gasteiger partial charge in [-0.15, -0.1) is 0 Å². The second kappa shape index (κ2) is 4.56. The van der Waals surface area contributed by atoms with Crippen molar-refractivity contribution in [3.05, 3.63) is 21.6 Å².